The third kappa shape index (κ3) is 5.39. The van der Waals surface area contributed by atoms with Gasteiger partial charge in [0.05, 0.1) is 38.5 Å². The van der Waals surface area contributed by atoms with Crippen LogP contribution in [0.4, 0.5) is 5.69 Å². The second-order valence-corrected chi connectivity index (χ2v) is 7.42. The number of hydrogen-bond acceptors (Lipinski definition) is 6. The van der Waals surface area contributed by atoms with Crippen LogP contribution in [-0.4, -0.2) is 75.7 Å². The molecule has 166 valence electrons. The molecular formula is C22H26ClN3O5. The maximum Gasteiger partial charge on any atom is 0.255 e. The summed E-state index contributed by atoms with van der Waals surface area (Å²) in [6.45, 7) is 2.46. The Morgan fingerprint density at radius 2 is 1.58 bits per heavy atom. The molecule has 0 radical (unpaired) electrons. The van der Waals surface area contributed by atoms with E-state index < -0.39 is 0 Å². The SMILES string of the molecule is COc1cc(NC(=O)CN2CCN(C(=O)c3ccccc3Cl)CC2)cc(OC)c1OC. The van der Waals surface area contributed by atoms with Crippen LogP contribution in [-0.2, 0) is 4.79 Å². The summed E-state index contributed by atoms with van der Waals surface area (Å²) in [7, 11) is 4.56. The van der Waals surface area contributed by atoms with Gasteiger partial charge in [0.2, 0.25) is 11.7 Å². The van der Waals surface area contributed by atoms with E-state index in [1.165, 1.54) is 21.3 Å². The number of carbonyl (C=O) groups excluding carboxylic acids is 2. The zero-order valence-corrected chi connectivity index (χ0v) is 18.6. The highest BCUT2D eigenvalue weighted by Crippen LogP contribution is 2.39. The van der Waals surface area contributed by atoms with Crippen molar-refractivity contribution in [2.24, 2.45) is 0 Å². The summed E-state index contributed by atoms with van der Waals surface area (Å²) < 4.78 is 15.9. The molecule has 1 fully saturated rings. The molecule has 31 heavy (non-hydrogen) atoms. The van der Waals surface area contributed by atoms with Gasteiger partial charge in [0.1, 0.15) is 0 Å². The van der Waals surface area contributed by atoms with Crippen LogP contribution in [0, 0.1) is 0 Å². The van der Waals surface area contributed by atoms with E-state index in [4.69, 9.17) is 25.8 Å². The highest BCUT2D eigenvalue weighted by molar-refractivity contribution is 6.33. The molecule has 2 amide bonds. The lowest BCUT2D eigenvalue weighted by Crippen LogP contribution is -2.50. The summed E-state index contributed by atoms with van der Waals surface area (Å²) in [5.74, 6) is 1.13. The summed E-state index contributed by atoms with van der Waals surface area (Å²) in [5.41, 5.74) is 1.05. The van der Waals surface area contributed by atoms with E-state index in [0.717, 1.165) is 0 Å². The van der Waals surface area contributed by atoms with Crippen molar-refractivity contribution in [1.29, 1.82) is 0 Å². The van der Waals surface area contributed by atoms with Gasteiger partial charge in [-0.1, -0.05) is 23.7 Å². The smallest absolute Gasteiger partial charge is 0.255 e. The monoisotopic (exact) mass is 447 g/mol. The molecule has 1 saturated heterocycles. The molecule has 8 nitrogen and oxygen atoms in total. The lowest BCUT2D eigenvalue weighted by Gasteiger charge is -2.34. The summed E-state index contributed by atoms with van der Waals surface area (Å²) >= 11 is 6.14. The molecule has 2 aromatic carbocycles. The molecule has 0 aliphatic carbocycles. The van der Waals surface area contributed by atoms with Gasteiger partial charge >= 0.3 is 0 Å². The van der Waals surface area contributed by atoms with E-state index in [1.54, 1.807) is 41.3 Å². The average molecular weight is 448 g/mol. The fourth-order valence-electron chi connectivity index (χ4n) is 3.47. The van der Waals surface area contributed by atoms with Crippen LogP contribution in [0.5, 0.6) is 17.2 Å². The van der Waals surface area contributed by atoms with Crippen molar-refractivity contribution in [2.45, 2.75) is 0 Å². The summed E-state index contributed by atoms with van der Waals surface area (Å²) in [4.78, 5) is 29.0. The van der Waals surface area contributed by atoms with Gasteiger partial charge in [0.15, 0.2) is 11.5 Å². The summed E-state index contributed by atoms with van der Waals surface area (Å²) in [6.07, 6.45) is 0. The van der Waals surface area contributed by atoms with Crippen LogP contribution in [0.25, 0.3) is 0 Å². The molecule has 1 aliphatic heterocycles. The molecule has 0 spiro atoms. The Kier molecular flexibility index (Phi) is 7.59. The van der Waals surface area contributed by atoms with Crippen molar-refractivity contribution in [1.82, 2.24) is 9.80 Å². The molecule has 0 bridgehead atoms. The minimum atomic E-state index is -0.167. The van der Waals surface area contributed by atoms with Crippen LogP contribution < -0.4 is 19.5 Å². The molecule has 1 N–H and O–H groups in total. The molecule has 0 atom stereocenters. The standard InChI is InChI=1S/C22H26ClN3O5/c1-29-18-12-15(13-19(30-2)21(18)31-3)24-20(27)14-25-8-10-26(11-9-25)22(28)16-6-4-5-7-17(16)23/h4-7,12-13H,8-11,14H2,1-3H3,(H,24,27). The first-order chi connectivity index (χ1) is 15.0. The lowest BCUT2D eigenvalue weighted by atomic mass is 10.2. The molecule has 0 saturated carbocycles. The Morgan fingerprint density at radius 1 is 0.968 bits per heavy atom. The van der Waals surface area contributed by atoms with Crippen molar-refractivity contribution in [3.63, 3.8) is 0 Å². The Balaban J connectivity index is 1.56. The van der Waals surface area contributed by atoms with Gasteiger partial charge in [-0.2, -0.15) is 0 Å². The van der Waals surface area contributed by atoms with Crippen LogP contribution in [0.1, 0.15) is 10.4 Å². The first kappa shape index (κ1) is 22.7. The molecule has 1 heterocycles. The highest BCUT2D eigenvalue weighted by Gasteiger charge is 2.24. The van der Waals surface area contributed by atoms with Gasteiger partial charge in [-0.05, 0) is 12.1 Å². The third-order valence-electron chi connectivity index (χ3n) is 5.08. The van der Waals surface area contributed by atoms with Crippen molar-refractivity contribution in [3.8, 4) is 17.2 Å². The largest absolute Gasteiger partial charge is 0.493 e. The maximum atomic E-state index is 12.7. The molecular weight excluding hydrogens is 422 g/mol. The first-order valence-electron chi connectivity index (χ1n) is 9.82. The number of ether oxygens (including phenoxy) is 3. The number of nitrogens with zero attached hydrogens (tertiary/aromatic N) is 2. The van der Waals surface area contributed by atoms with E-state index in [1.807, 2.05) is 4.90 Å². The Morgan fingerprint density at radius 3 is 2.13 bits per heavy atom. The van der Waals surface area contributed by atoms with Crippen LogP contribution in [0.3, 0.4) is 0 Å². The number of nitrogens with one attached hydrogen (secondary N) is 1. The van der Waals surface area contributed by atoms with E-state index in [9.17, 15) is 9.59 Å². The number of rotatable bonds is 7. The van der Waals surface area contributed by atoms with Crippen molar-refractivity contribution in [2.75, 3.05) is 59.4 Å². The van der Waals surface area contributed by atoms with E-state index >= 15 is 0 Å². The second kappa shape index (κ2) is 10.4. The minimum absolute atomic E-state index is 0.0906. The zero-order valence-electron chi connectivity index (χ0n) is 17.8. The predicted octanol–water partition coefficient (Wildman–Crippen LogP) is 2.76. The number of piperazine rings is 1. The number of halogens is 1. The quantitative estimate of drug-likeness (QED) is 0.703. The molecule has 3 rings (SSSR count). The van der Waals surface area contributed by atoms with E-state index in [2.05, 4.69) is 5.32 Å². The second-order valence-electron chi connectivity index (χ2n) is 7.01. The Bertz CT molecular complexity index is 919. The van der Waals surface area contributed by atoms with Gasteiger partial charge in [0.25, 0.3) is 5.91 Å². The maximum absolute atomic E-state index is 12.7. The summed E-state index contributed by atoms with van der Waals surface area (Å²) in [6, 6.07) is 10.4. The number of anilines is 1. The van der Waals surface area contributed by atoms with E-state index in [0.29, 0.717) is 59.7 Å². The van der Waals surface area contributed by atoms with Crippen LogP contribution in [0.2, 0.25) is 5.02 Å². The fourth-order valence-corrected chi connectivity index (χ4v) is 3.69. The Labute approximate surface area is 186 Å². The van der Waals surface area contributed by atoms with Gasteiger partial charge in [-0.15, -0.1) is 0 Å². The van der Waals surface area contributed by atoms with Gasteiger partial charge < -0.3 is 24.4 Å². The third-order valence-corrected chi connectivity index (χ3v) is 5.41. The Hall–Kier alpha value is -2.97. The molecule has 9 heteroatoms. The van der Waals surface area contributed by atoms with Gasteiger partial charge in [0, 0.05) is 44.0 Å². The number of benzene rings is 2. The zero-order chi connectivity index (χ0) is 22.4. The first-order valence-corrected chi connectivity index (χ1v) is 10.2. The fraction of sp³-hybridized carbons (Fsp3) is 0.364. The summed E-state index contributed by atoms with van der Waals surface area (Å²) in [5, 5.41) is 3.31. The van der Waals surface area contributed by atoms with Gasteiger partial charge in [-0.3, -0.25) is 14.5 Å². The predicted molar refractivity (Wildman–Crippen MR) is 119 cm³/mol. The van der Waals surface area contributed by atoms with Crippen molar-refractivity contribution < 1.29 is 23.8 Å². The number of methoxy groups -OCH3 is 3. The van der Waals surface area contributed by atoms with Crippen molar-refractivity contribution in [3.05, 3.63) is 47.0 Å². The van der Waals surface area contributed by atoms with Crippen LogP contribution >= 0.6 is 11.6 Å². The van der Waals surface area contributed by atoms with Gasteiger partial charge in [-0.25, -0.2) is 0 Å². The molecule has 0 unspecified atom stereocenters. The molecule has 0 aromatic heterocycles. The minimum Gasteiger partial charge on any atom is -0.493 e. The lowest BCUT2D eigenvalue weighted by molar-refractivity contribution is -0.117. The van der Waals surface area contributed by atoms with Crippen molar-refractivity contribution >= 4 is 29.1 Å². The number of carbonyl (C=O) groups is 2. The number of hydrogen-bond donors (Lipinski definition) is 1. The highest BCUT2D eigenvalue weighted by atomic mass is 35.5. The number of amides is 2. The molecule has 1 aliphatic rings. The average Bonchev–Trinajstić information content (AvgIpc) is 2.78. The normalized spacial score (nSPS) is 14.1. The van der Waals surface area contributed by atoms with E-state index in [-0.39, 0.29) is 18.4 Å². The molecule has 2 aromatic rings. The topological polar surface area (TPSA) is 80.3 Å². The van der Waals surface area contributed by atoms with Crippen LogP contribution in [0.15, 0.2) is 36.4 Å².